The molecule has 0 spiro atoms. The van der Waals surface area contributed by atoms with Crippen LogP contribution in [0.4, 0.5) is 0 Å². The molecule has 1 aliphatic heterocycles. The fourth-order valence-corrected chi connectivity index (χ4v) is 4.34. The summed E-state index contributed by atoms with van der Waals surface area (Å²) in [6.45, 7) is 0.538. The summed E-state index contributed by atoms with van der Waals surface area (Å²) in [4.78, 5) is 6.46. The molecule has 3 N–H and O–H groups in total. The summed E-state index contributed by atoms with van der Waals surface area (Å²) in [5.41, 5.74) is 2.27. The molecule has 0 aliphatic carbocycles. The van der Waals surface area contributed by atoms with Gasteiger partial charge in [-0.25, -0.2) is 4.98 Å². The minimum atomic E-state index is -0.419. The Morgan fingerprint density at radius 1 is 1.08 bits per heavy atom. The zero-order valence-electron chi connectivity index (χ0n) is 14.1. The first kappa shape index (κ1) is 16.8. The van der Waals surface area contributed by atoms with Gasteiger partial charge in [-0.3, -0.25) is 5.41 Å². The molecule has 2 heterocycles. The van der Waals surface area contributed by atoms with E-state index in [4.69, 9.17) is 5.41 Å². The molecular formula is C20H19N3O2S. The second-order valence-corrected chi connectivity index (χ2v) is 7.21. The Morgan fingerprint density at radius 3 is 2.54 bits per heavy atom. The first-order chi connectivity index (χ1) is 12.7. The predicted octanol–water partition coefficient (Wildman–Crippen LogP) is 3.98. The van der Waals surface area contributed by atoms with Crippen molar-refractivity contribution >= 4 is 33.0 Å². The van der Waals surface area contributed by atoms with Gasteiger partial charge in [0.1, 0.15) is 22.6 Å². The fourth-order valence-electron chi connectivity index (χ4n) is 3.32. The van der Waals surface area contributed by atoms with Crippen molar-refractivity contribution in [2.45, 2.75) is 12.5 Å². The minimum absolute atomic E-state index is 0.0442. The van der Waals surface area contributed by atoms with Gasteiger partial charge in [0, 0.05) is 13.2 Å². The molecule has 4 rings (SSSR count). The molecule has 2 aromatic carbocycles. The zero-order valence-corrected chi connectivity index (χ0v) is 14.9. The molecule has 1 atom stereocenters. The van der Waals surface area contributed by atoms with Gasteiger partial charge >= 0.3 is 0 Å². The van der Waals surface area contributed by atoms with E-state index < -0.39 is 6.04 Å². The lowest BCUT2D eigenvalue weighted by molar-refractivity contribution is 0.236. The maximum Gasteiger partial charge on any atom is 0.135 e. The maximum absolute atomic E-state index is 11.0. The van der Waals surface area contributed by atoms with Crippen LogP contribution in [0.3, 0.4) is 0 Å². The molecule has 0 bridgehead atoms. The number of hydrogen-bond donors (Lipinski definition) is 3. The van der Waals surface area contributed by atoms with Gasteiger partial charge in [0.05, 0.1) is 15.8 Å². The van der Waals surface area contributed by atoms with Crippen LogP contribution in [0.15, 0.2) is 60.4 Å². The van der Waals surface area contributed by atoms with Crippen LogP contribution in [0.1, 0.15) is 23.0 Å². The summed E-state index contributed by atoms with van der Waals surface area (Å²) in [7, 11) is 0. The van der Waals surface area contributed by atoms with Crippen molar-refractivity contribution in [2.75, 3.05) is 13.2 Å². The number of amidine groups is 1. The number of thiazole rings is 1. The number of hydrogen-bond acceptors (Lipinski definition) is 5. The summed E-state index contributed by atoms with van der Waals surface area (Å²) in [6.07, 6.45) is 0.534. The highest BCUT2D eigenvalue weighted by atomic mass is 32.1. The lowest BCUT2D eigenvalue weighted by atomic mass is 10.0. The highest BCUT2D eigenvalue weighted by Crippen LogP contribution is 2.42. The van der Waals surface area contributed by atoms with Crippen molar-refractivity contribution in [3.05, 3.63) is 70.9 Å². The molecule has 0 saturated heterocycles. The smallest absolute Gasteiger partial charge is 0.135 e. The molecule has 26 heavy (non-hydrogen) atoms. The third kappa shape index (κ3) is 2.77. The number of aliphatic hydroxyl groups is 2. The SMILES string of the molecule is N=C1C(c2nc3ccccc3s2)=C(O)C(c2ccccc2)N1CCCO. The number of fused-ring (bicyclic) bond motifs is 1. The third-order valence-electron chi connectivity index (χ3n) is 4.53. The summed E-state index contributed by atoms with van der Waals surface area (Å²) < 4.78 is 1.03. The molecule has 0 amide bonds. The molecular weight excluding hydrogens is 346 g/mol. The molecule has 0 radical (unpaired) electrons. The van der Waals surface area contributed by atoms with Gasteiger partial charge in [-0.2, -0.15) is 0 Å². The van der Waals surface area contributed by atoms with E-state index in [0.717, 1.165) is 15.8 Å². The van der Waals surface area contributed by atoms with Gasteiger partial charge in [0.15, 0.2) is 0 Å². The van der Waals surface area contributed by atoms with Crippen molar-refractivity contribution in [3.63, 3.8) is 0 Å². The number of rotatable bonds is 5. The van der Waals surface area contributed by atoms with E-state index in [1.807, 2.05) is 59.5 Å². The van der Waals surface area contributed by atoms with Crippen LogP contribution < -0.4 is 0 Å². The quantitative estimate of drug-likeness (QED) is 0.639. The van der Waals surface area contributed by atoms with Crippen molar-refractivity contribution < 1.29 is 10.2 Å². The maximum atomic E-state index is 11.0. The van der Waals surface area contributed by atoms with E-state index in [0.29, 0.717) is 23.5 Å². The van der Waals surface area contributed by atoms with Crippen molar-refractivity contribution in [1.29, 1.82) is 5.41 Å². The number of aliphatic hydroxyl groups excluding tert-OH is 2. The number of para-hydroxylation sites is 1. The van der Waals surface area contributed by atoms with Gasteiger partial charge in [-0.05, 0) is 24.1 Å². The summed E-state index contributed by atoms with van der Waals surface area (Å²) >= 11 is 1.48. The monoisotopic (exact) mass is 365 g/mol. The lowest BCUT2D eigenvalue weighted by Crippen LogP contribution is -2.31. The van der Waals surface area contributed by atoms with Gasteiger partial charge in [-0.15, -0.1) is 11.3 Å². The molecule has 0 fully saturated rings. The standard InChI is InChI=1S/C20H19N3O2S/c21-19-16(20-22-14-9-4-5-10-15(14)26-20)18(25)17(23(19)11-6-12-24)13-7-2-1-3-8-13/h1-5,7-10,17,21,24-25H,6,11-12H2. The number of aromatic nitrogens is 1. The highest BCUT2D eigenvalue weighted by molar-refractivity contribution is 7.19. The van der Waals surface area contributed by atoms with Crippen LogP contribution in [0.25, 0.3) is 15.8 Å². The largest absolute Gasteiger partial charge is 0.509 e. The Kier molecular flexibility index (Phi) is 4.44. The molecule has 1 aliphatic rings. The molecule has 5 nitrogen and oxygen atoms in total. The summed E-state index contributed by atoms with van der Waals surface area (Å²) in [5, 5.41) is 29.6. The van der Waals surface area contributed by atoms with E-state index in [1.54, 1.807) is 0 Å². The minimum Gasteiger partial charge on any atom is -0.509 e. The first-order valence-corrected chi connectivity index (χ1v) is 9.33. The predicted molar refractivity (Wildman–Crippen MR) is 104 cm³/mol. The van der Waals surface area contributed by atoms with E-state index in [9.17, 15) is 10.2 Å². The van der Waals surface area contributed by atoms with Gasteiger partial charge in [-0.1, -0.05) is 42.5 Å². The van der Waals surface area contributed by atoms with Crippen LogP contribution in [0.5, 0.6) is 0 Å². The first-order valence-electron chi connectivity index (χ1n) is 8.51. The van der Waals surface area contributed by atoms with Crippen LogP contribution >= 0.6 is 11.3 Å². The van der Waals surface area contributed by atoms with Crippen LogP contribution in [0.2, 0.25) is 0 Å². The van der Waals surface area contributed by atoms with Gasteiger partial charge < -0.3 is 15.1 Å². The van der Waals surface area contributed by atoms with E-state index in [1.165, 1.54) is 11.3 Å². The van der Waals surface area contributed by atoms with Gasteiger partial charge in [0.25, 0.3) is 0 Å². The lowest BCUT2D eigenvalue weighted by Gasteiger charge is -2.27. The topological polar surface area (TPSA) is 80.4 Å². The highest BCUT2D eigenvalue weighted by Gasteiger charge is 2.39. The number of nitrogens with zero attached hydrogens (tertiary/aromatic N) is 2. The van der Waals surface area contributed by atoms with Crippen LogP contribution in [-0.2, 0) is 0 Å². The second kappa shape index (κ2) is 6.90. The number of nitrogens with one attached hydrogen (secondary N) is 1. The van der Waals surface area contributed by atoms with Crippen LogP contribution in [-0.4, -0.2) is 39.1 Å². The average molecular weight is 365 g/mol. The Balaban J connectivity index is 1.81. The second-order valence-electron chi connectivity index (χ2n) is 6.18. The number of benzene rings is 2. The molecule has 0 saturated carbocycles. The Morgan fingerprint density at radius 2 is 1.81 bits per heavy atom. The van der Waals surface area contributed by atoms with Crippen molar-refractivity contribution in [1.82, 2.24) is 9.88 Å². The van der Waals surface area contributed by atoms with Crippen molar-refractivity contribution in [2.24, 2.45) is 0 Å². The normalized spacial score (nSPS) is 17.5. The summed E-state index contributed by atoms with van der Waals surface area (Å²) in [5.74, 6) is 0.405. The Labute approximate surface area is 155 Å². The van der Waals surface area contributed by atoms with E-state index in [2.05, 4.69) is 4.98 Å². The summed E-state index contributed by atoms with van der Waals surface area (Å²) in [6, 6.07) is 17.1. The molecule has 1 unspecified atom stereocenters. The Hall–Kier alpha value is -2.70. The molecule has 132 valence electrons. The fraction of sp³-hybridized carbons (Fsp3) is 0.200. The van der Waals surface area contributed by atoms with Gasteiger partial charge in [0.2, 0.25) is 0 Å². The van der Waals surface area contributed by atoms with E-state index in [-0.39, 0.29) is 18.2 Å². The van der Waals surface area contributed by atoms with Crippen LogP contribution in [0, 0.1) is 5.41 Å². The third-order valence-corrected chi connectivity index (χ3v) is 5.58. The average Bonchev–Trinajstić information content (AvgIpc) is 3.18. The molecule has 3 aromatic rings. The van der Waals surface area contributed by atoms with Crippen molar-refractivity contribution in [3.8, 4) is 0 Å². The zero-order chi connectivity index (χ0) is 18.1. The molecule has 1 aromatic heterocycles. The Bertz CT molecular complexity index is 948. The van der Waals surface area contributed by atoms with E-state index >= 15 is 0 Å². The molecule has 6 heteroatoms.